The van der Waals surface area contributed by atoms with Gasteiger partial charge in [0.1, 0.15) is 5.82 Å². The third kappa shape index (κ3) is 7.19. The Labute approximate surface area is 334 Å². The summed E-state index contributed by atoms with van der Waals surface area (Å²) in [4.78, 5) is 9.29. The van der Waals surface area contributed by atoms with E-state index in [0.29, 0.717) is 11.5 Å². The molecule has 0 spiro atoms. The maximum absolute atomic E-state index is 6.59. The Morgan fingerprint density at radius 2 is 1.33 bits per heavy atom. The van der Waals surface area contributed by atoms with E-state index in [0.717, 1.165) is 52.1 Å². The maximum atomic E-state index is 6.59. The summed E-state index contributed by atoms with van der Waals surface area (Å²) in [5.41, 5.74) is 10.6. The Bertz CT molecular complexity index is 2390. The number of benzene rings is 5. The summed E-state index contributed by atoms with van der Waals surface area (Å²) >= 11 is 0. The average Bonchev–Trinajstić information content (AvgIpc) is 3.71. The maximum Gasteiger partial charge on any atom is 0.135 e. The van der Waals surface area contributed by atoms with Crippen LogP contribution in [0.3, 0.4) is 0 Å². The second-order valence-corrected chi connectivity index (χ2v) is 15.1. The van der Waals surface area contributed by atoms with Crippen LogP contribution >= 0.6 is 0 Å². The molecule has 0 radical (unpaired) electrons. The van der Waals surface area contributed by atoms with Crippen LogP contribution < -0.4 is 14.5 Å². The van der Waals surface area contributed by atoms with Gasteiger partial charge in [-0.15, -0.1) is 48.1 Å². The van der Waals surface area contributed by atoms with Gasteiger partial charge in [0.15, 0.2) is 0 Å². The largest absolute Gasteiger partial charge is 0.509 e. The van der Waals surface area contributed by atoms with Crippen LogP contribution in [0.15, 0.2) is 115 Å². The Morgan fingerprint density at radius 1 is 0.667 bits per heavy atom. The Kier molecular flexibility index (Phi) is 11.0. The molecule has 2 aromatic heterocycles. The van der Waals surface area contributed by atoms with Gasteiger partial charge in [-0.1, -0.05) is 95.4 Å². The fourth-order valence-corrected chi connectivity index (χ4v) is 7.61. The molecule has 5 nitrogen and oxygen atoms in total. The molecule has 0 N–H and O–H groups in total. The zero-order valence-electron chi connectivity index (χ0n) is 31.8. The van der Waals surface area contributed by atoms with Crippen molar-refractivity contribution >= 4 is 44.6 Å². The van der Waals surface area contributed by atoms with E-state index in [2.05, 4.69) is 147 Å². The molecule has 0 bridgehead atoms. The number of ether oxygens (including phenoxy) is 1. The van der Waals surface area contributed by atoms with Crippen LogP contribution in [0, 0.1) is 18.8 Å². The van der Waals surface area contributed by atoms with Crippen LogP contribution in [0.5, 0.6) is 11.5 Å². The number of aromatic nitrogens is 2. The minimum atomic E-state index is -0.0127. The molecule has 6 heteroatoms. The minimum Gasteiger partial charge on any atom is -0.509 e. The van der Waals surface area contributed by atoms with Crippen LogP contribution in [0.4, 0.5) is 22.7 Å². The van der Waals surface area contributed by atoms with Crippen molar-refractivity contribution in [1.82, 2.24) is 9.55 Å². The fraction of sp³-hybridized carbons (Fsp3) is 0.250. The van der Waals surface area contributed by atoms with Crippen molar-refractivity contribution in [2.24, 2.45) is 0 Å². The number of anilines is 4. The predicted octanol–water partition coefficient (Wildman–Crippen LogP) is 13.0. The van der Waals surface area contributed by atoms with Crippen molar-refractivity contribution in [3.63, 3.8) is 0 Å². The van der Waals surface area contributed by atoms with Crippen LogP contribution in [0.2, 0.25) is 0 Å². The molecule has 1 aliphatic heterocycles. The number of fused-ring (bicyclic) bond motifs is 4. The average molecular weight is 891 g/mol. The second-order valence-electron chi connectivity index (χ2n) is 15.1. The van der Waals surface area contributed by atoms with Crippen molar-refractivity contribution in [2.75, 3.05) is 9.80 Å². The molecule has 54 heavy (non-hydrogen) atoms. The summed E-state index contributed by atoms with van der Waals surface area (Å²) < 4.78 is 8.84. The fourth-order valence-electron chi connectivity index (χ4n) is 7.61. The molecule has 0 saturated carbocycles. The molecular formula is C48H47N4OPt-3. The van der Waals surface area contributed by atoms with Gasteiger partial charge in [0, 0.05) is 61.3 Å². The molecule has 0 unspecified atom stereocenters. The van der Waals surface area contributed by atoms with Gasteiger partial charge in [-0.3, -0.25) is 0 Å². The monoisotopic (exact) mass is 890 g/mol. The molecule has 0 saturated heterocycles. The van der Waals surface area contributed by atoms with Crippen LogP contribution in [-0.2, 0) is 39.3 Å². The SMILES string of the molecule is CCCCc1cc2c3ccc(Oc4[c-]c(N5[CH-]N(c6ccccc6C(C)(C)C)c6ccccc65)ccc4)[c-]c3n(-c3ccccn3)c2cc1CCCC.[Pt]. The number of hydrogen-bond donors (Lipinski definition) is 0. The first-order valence-electron chi connectivity index (χ1n) is 19.1. The van der Waals surface area contributed by atoms with Crippen LogP contribution in [0.1, 0.15) is 77.0 Å². The predicted molar refractivity (Wildman–Crippen MR) is 220 cm³/mol. The quantitative estimate of drug-likeness (QED) is 0.121. The summed E-state index contributed by atoms with van der Waals surface area (Å²) in [7, 11) is 0. The molecule has 3 heterocycles. The topological polar surface area (TPSA) is 33.5 Å². The third-order valence-corrected chi connectivity index (χ3v) is 10.3. The number of pyridine rings is 1. The minimum absolute atomic E-state index is 0. The first kappa shape index (κ1) is 37.5. The summed E-state index contributed by atoms with van der Waals surface area (Å²) in [6, 6.07) is 45.6. The molecule has 7 aromatic rings. The van der Waals surface area contributed by atoms with Crippen LogP contribution in [-0.4, -0.2) is 9.55 Å². The van der Waals surface area contributed by atoms with Crippen molar-refractivity contribution in [3.05, 3.63) is 151 Å². The molecule has 278 valence electrons. The Balaban J connectivity index is 0.00000450. The molecular weight excluding hydrogens is 844 g/mol. The number of hydrogen-bond acceptors (Lipinski definition) is 4. The third-order valence-electron chi connectivity index (χ3n) is 10.3. The molecule has 0 aliphatic carbocycles. The van der Waals surface area contributed by atoms with Crippen molar-refractivity contribution in [1.29, 1.82) is 0 Å². The number of nitrogens with zero attached hydrogens (tertiary/aromatic N) is 4. The van der Waals surface area contributed by atoms with Crippen LogP contribution in [0.25, 0.3) is 27.6 Å². The van der Waals surface area contributed by atoms with E-state index in [1.165, 1.54) is 53.4 Å². The van der Waals surface area contributed by atoms with E-state index in [1.54, 1.807) is 0 Å². The second kappa shape index (κ2) is 15.9. The van der Waals surface area contributed by atoms with E-state index < -0.39 is 0 Å². The molecule has 5 aromatic carbocycles. The number of unbranched alkanes of at least 4 members (excludes halogenated alkanes) is 2. The molecule has 0 fully saturated rings. The number of para-hydroxylation sites is 3. The van der Waals surface area contributed by atoms with E-state index in [4.69, 9.17) is 9.72 Å². The summed E-state index contributed by atoms with van der Waals surface area (Å²) in [5, 5.41) is 2.38. The van der Waals surface area contributed by atoms with Gasteiger partial charge < -0.3 is 19.1 Å². The summed E-state index contributed by atoms with van der Waals surface area (Å²) in [6.07, 6.45) is 8.76. The van der Waals surface area contributed by atoms with Gasteiger partial charge in [-0.2, -0.15) is 12.1 Å². The van der Waals surface area contributed by atoms with Gasteiger partial charge in [-0.05, 0) is 89.6 Å². The van der Waals surface area contributed by atoms with Gasteiger partial charge in [0.2, 0.25) is 0 Å². The van der Waals surface area contributed by atoms with E-state index in [1.807, 2.05) is 36.5 Å². The van der Waals surface area contributed by atoms with E-state index in [-0.39, 0.29) is 26.5 Å². The standard InChI is InChI=1S/C48H47N4O.Pt/c1-6-8-17-34-29-40-39-27-26-38(32-46(39)52(47-25-14-15-28-49-47)45(40)30-35(34)18-9-7-2)53-37-20-16-19-36(31-37)50-33-51(44-24-13-12-23-43(44)50)42-22-11-10-21-41(42)48(3,4)5;/h10-16,19-30,33H,6-9,17-18H2,1-5H3;/q-3;. The van der Waals surface area contributed by atoms with Gasteiger partial charge in [0.05, 0.1) is 0 Å². The van der Waals surface area contributed by atoms with Crippen molar-refractivity contribution in [2.45, 2.75) is 78.6 Å². The zero-order valence-corrected chi connectivity index (χ0v) is 34.1. The van der Waals surface area contributed by atoms with E-state index in [9.17, 15) is 0 Å². The van der Waals surface area contributed by atoms with Gasteiger partial charge >= 0.3 is 0 Å². The molecule has 0 atom stereocenters. The molecule has 1 aliphatic rings. The number of rotatable bonds is 11. The normalized spacial score (nSPS) is 12.7. The van der Waals surface area contributed by atoms with Crippen molar-refractivity contribution in [3.8, 4) is 17.3 Å². The van der Waals surface area contributed by atoms with E-state index >= 15 is 0 Å². The first-order chi connectivity index (χ1) is 25.8. The molecule has 0 amide bonds. The Hall–Kier alpha value is -4.86. The molecule has 8 rings (SSSR count). The number of aryl methyl sites for hydroxylation is 2. The van der Waals surface area contributed by atoms with Gasteiger partial charge in [-0.25, -0.2) is 4.98 Å². The summed E-state index contributed by atoms with van der Waals surface area (Å²) in [6.45, 7) is 13.5. The van der Waals surface area contributed by atoms with Crippen molar-refractivity contribution < 1.29 is 25.8 Å². The first-order valence-corrected chi connectivity index (χ1v) is 19.1. The zero-order chi connectivity index (χ0) is 36.5. The van der Waals surface area contributed by atoms with Gasteiger partial charge in [0.25, 0.3) is 0 Å². The Morgan fingerprint density at radius 3 is 2.04 bits per heavy atom. The smallest absolute Gasteiger partial charge is 0.135 e. The summed E-state index contributed by atoms with van der Waals surface area (Å²) in [5.74, 6) is 2.13.